The van der Waals surface area contributed by atoms with Crippen molar-refractivity contribution in [3.63, 3.8) is 0 Å². The van der Waals surface area contributed by atoms with Crippen molar-refractivity contribution in [1.82, 2.24) is 0 Å². The van der Waals surface area contributed by atoms with Gasteiger partial charge in [-0.25, -0.2) is 14.5 Å². The van der Waals surface area contributed by atoms with Crippen LogP contribution in [0.4, 0.5) is 11.4 Å². The molecule has 1 aliphatic heterocycles. The number of nitrogens with one attached hydrogen (secondary N) is 1. The summed E-state index contributed by atoms with van der Waals surface area (Å²) >= 11 is 0. The van der Waals surface area contributed by atoms with Gasteiger partial charge in [-0.15, -0.1) is 0 Å². The molecule has 1 saturated carbocycles. The van der Waals surface area contributed by atoms with Crippen molar-refractivity contribution in [2.75, 3.05) is 23.4 Å². The topological polar surface area (TPSA) is 119 Å². The monoisotopic (exact) mass is 516 g/mol. The van der Waals surface area contributed by atoms with E-state index in [0.717, 1.165) is 12.8 Å². The normalized spacial score (nSPS) is 23.2. The van der Waals surface area contributed by atoms with Crippen molar-refractivity contribution in [2.45, 2.75) is 26.7 Å². The molecule has 0 unspecified atom stereocenters. The molecule has 2 aliphatic carbocycles. The van der Waals surface area contributed by atoms with Gasteiger partial charge < -0.3 is 14.8 Å². The van der Waals surface area contributed by atoms with Gasteiger partial charge in [0, 0.05) is 5.69 Å². The zero-order chi connectivity index (χ0) is 27.0. The van der Waals surface area contributed by atoms with Gasteiger partial charge in [0.05, 0.1) is 35.3 Å². The maximum absolute atomic E-state index is 13.2. The van der Waals surface area contributed by atoms with Gasteiger partial charge in [-0.1, -0.05) is 24.6 Å². The van der Waals surface area contributed by atoms with Crippen LogP contribution in [0.1, 0.15) is 47.4 Å². The number of benzene rings is 2. The van der Waals surface area contributed by atoms with Crippen molar-refractivity contribution < 1.29 is 33.4 Å². The van der Waals surface area contributed by atoms with Crippen LogP contribution in [-0.4, -0.2) is 42.9 Å². The molecule has 0 radical (unpaired) electrons. The summed E-state index contributed by atoms with van der Waals surface area (Å²) in [6.07, 6.45) is 3.67. The first kappa shape index (κ1) is 25.4. The number of allylic oxidation sites excluding steroid dienone is 2. The lowest BCUT2D eigenvalue weighted by atomic mass is 9.82. The first-order valence-electron chi connectivity index (χ1n) is 12.7. The molecule has 2 fully saturated rings. The van der Waals surface area contributed by atoms with Crippen LogP contribution in [0.3, 0.4) is 0 Å². The van der Waals surface area contributed by atoms with E-state index in [-0.39, 0.29) is 41.0 Å². The number of carbonyl (C=O) groups is 5. The number of ether oxygens (including phenoxy) is 2. The van der Waals surface area contributed by atoms with Crippen LogP contribution in [0, 0.1) is 23.7 Å². The molecule has 1 saturated heterocycles. The summed E-state index contributed by atoms with van der Waals surface area (Å²) in [5.74, 6) is -2.71. The zero-order valence-corrected chi connectivity index (χ0v) is 21.1. The average Bonchev–Trinajstić information content (AvgIpc) is 3.56. The highest BCUT2D eigenvalue weighted by atomic mass is 16.5. The average molecular weight is 517 g/mol. The first-order valence-corrected chi connectivity index (χ1v) is 12.7. The molecule has 3 amide bonds. The van der Waals surface area contributed by atoms with E-state index >= 15 is 0 Å². The molecule has 9 heteroatoms. The maximum atomic E-state index is 13.2. The number of rotatable bonds is 8. The van der Waals surface area contributed by atoms with Crippen molar-refractivity contribution in [2.24, 2.45) is 23.7 Å². The Bertz CT molecular complexity index is 1350. The van der Waals surface area contributed by atoms with Crippen molar-refractivity contribution in [1.29, 1.82) is 0 Å². The van der Waals surface area contributed by atoms with E-state index in [1.165, 1.54) is 34.7 Å². The summed E-state index contributed by atoms with van der Waals surface area (Å²) in [4.78, 5) is 64.3. The first-order chi connectivity index (χ1) is 18.3. The van der Waals surface area contributed by atoms with Gasteiger partial charge in [-0.05, 0) is 74.1 Å². The highest BCUT2D eigenvalue weighted by molar-refractivity contribution is 6.23. The molecule has 4 atom stereocenters. The number of hydrogen-bond acceptors (Lipinski definition) is 7. The molecule has 1 N–H and O–H groups in total. The molecular formula is C29H28N2O7. The largest absolute Gasteiger partial charge is 0.462 e. The van der Waals surface area contributed by atoms with Crippen LogP contribution < -0.4 is 10.2 Å². The van der Waals surface area contributed by atoms with Crippen molar-refractivity contribution in [3.8, 4) is 0 Å². The third-order valence-corrected chi connectivity index (χ3v) is 7.40. The van der Waals surface area contributed by atoms with Crippen LogP contribution in [0.2, 0.25) is 0 Å². The molecule has 2 bridgehead atoms. The lowest BCUT2D eigenvalue weighted by Crippen LogP contribution is -2.33. The number of amides is 3. The zero-order valence-electron chi connectivity index (χ0n) is 21.1. The lowest BCUT2D eigenvalue weighted by molar-refractivity contribution is -0.123. The lowest BCUT2D eigenvalue weighted by Gasteiger charge is -2.19. The Morgan fingerprint density at radius 3 is 2.39 bits per heavy atom. The van der Waals surface area contributed by atoms with E-state index in [1.807, 2.05) is 13.8 Å². The standard InChI is InChI=1S/C29H28N2O7/c1-3-11-37-28(35)17-7-9-20(10-8-17)30-23(32)15-38-29(36)18-5-4-6-21(13-18)31-26(33)24-19-12-16(2)22(14-19)25(24)27(31)34/h4-10,12-13,19,22,24-25H,3,11,14-15H2,1-2H3,(H,30,32)/t19-,22+,24-,25+/m0/s1. The molecule has 3 aliphatic rings. The predicted octanol–water partition coefficient (Wildman–Crippen LogP) is 3.75. The van der Waals surface area contributed by atoms with Gasteiger partial charge in [0.15, 0.2) is 6.61 Å². The number of esters is 2. The quantitative estimate of drug-likeness (QED) is 0.322. The minimum Gasteiger partial charge on any atom is -0.462 e. The summed E-state index contributed by atoms with van der Waals surface area (Å²) in [5.41, 5.74) is 2.40. The molecular weight excluding hydrogens is 488 g/mol. The van der Waals surface area contributed by atoms with Gasteiger partial charge in [0.2, 0.25) is 11.8 Å². The smallest absolute Gasteiger partial charge is 0.338 e. The Kier molecular flexibility index (Phi) is 6.84. The van der Waals surface area contributed by atoms with Gasteiger partial charge in [-0.3, -0.25) is 14.4 Å². The summed E-state index contributed by atoms with van der Waals surface area (Å²) in [6, 6.07) is 12.3. The van der Waals surface area contributed by atoms with Crippen molar-refractivity contribution >= 4 is 41.0 Å². The Morgan fingerprint density at radius 1 is 0.947 bits per heavy atom. The summed E-state index contributed by atoms with van der Waals surface area (Å²) < 4.78 is 10.2. The molecule has 5 rings (SSSR count). The van der Waals surface area contributed by atoms with Gasteiger partial charge in [0.25, 0.3) is 5.91 Å². The Balaban J connectivity index is 1.18. The van der Waals surface area contributed by atoms with E-state index in [0.29, 0.717) is 23.5 Å². The predicted molar refractivity (Wildman–Crippen MR) is 137 cm³/mol. The van der Waals surface area contributed by atoms with Gasteiger partial charge in [-0.2, -0.15) is 0 Å². The Hall–Kier alpha value is -4.27. The molecule has 38 heavy (non-hydrogen) atoms. The maximum Gasteiger partial charge on any atom is 0.338 e. The fourth-order valence-electron chi connectivity index (χ4n) is 5.68. The Morgan fingerprint density at radius 2 is 1.66 bits per heavy atom. The van der Waals surface area contributed by atoms with Gasteiger partial charge >= 0.3 is 11.9 Å². The minimum atomic E-state index is -0.757. The van der Waals surface area contributed by atoms with Crippen LogP contribution >= 0.6 is 0 Å². The van der Waals surface area contributed by atoms with E-state index < -0.39 is 24.5 Å². The summed E-state index contributed by atoms with van der Waals surface area (Å²) in [5, 5.41) is 2.60. The number of hydrogen-bond donors (Lipinski definition) is 1. The van der Waals surface area contributed by atoms with Gasteiger partial charge in [0.1, 0.15) is 0 Å². The van der Waals surface area contributed by atoms with E-state index in [1.54, 1.807) is 24.3 Å². The van der Waals surface area contributed by atoms with Crippen molar-refractivity contribution in [3.05, 3.63) is 71.3 Å². The Labute approximate surface area is 219 Å². The highest BCUT2D eigenvalue weighted by Gasteiger charge is 2.60. The third-order valence-electron chi connectivity index (χ3n) is 7.40. The number of fused-ring (bicyclic) bond motifs is 5. The highest BCUT2D eigenvalue weighted by Crippen LogP contribution is 2.55. The molecule has 2 aromatic carbocycles. The second-order valence-electron chi connectivity index (χ2n) is 9.87. The molecule has 2 aromatic rings. The molecule has 0 spiro atoms. The van der Waals surface area contributed by atoms with Crippen LogP contribution in [0.15, 0.2) is 60.2 Å². The summed E-state index contributed by atoms with van der Waals surface area (Å²) in [7, 11) is 0. The fourth-order valence-corrected chi connectivity index (χ4v) is 5.68. The molecule has 9 nitrogen and oxygen atoms in total. The van der Waals surface area contributed by atoms with E-state index in [4.69, 9.17) is 9.47 Å². The number of anilines is 2. The van der Waals surface area contributed by atoms with Crippen LogP contribution in [-0.2, 0) is 23.9 Å². The molecule has 196 valence electrons. The van der Waals surface area contributed by atoms with E-state index in [2.05, 4.69) is 11.4 Å². The number of nitrogens with zero attached hydrogens (tertiary/aromatic N) is 1. The third kappa shape index (κ3) is 4.60. The summed E-state index contributed by atoms with van der Waals surface area (Å²) in [6.45, 7) is 3.70. The fraction of sp³-hybridized carbons (Fsp3) is 0.345. The van der Waals surface area contributed by atoms with Crippen LogP contribution in [0.5, 0.6) is 0 Å². The molecule has 1 heterocycles. The van der Waals surface area contributed by atoms with E-state index in [9.17, 15) is 24.0 Å². The second kappa shape index (κ2) is 10.2. The number of carbonyl (C=O) groups excluding carboxylic acids is 5. The molecule has 0 aromatic heterocycles. The minimum absolute atomic E-state index is 0.0872. The second-order valence-corrected chi connectivity index (χ2v) is 9.87. The number of imide groups is 1. The van der Waals surface area contributed by atoms with Crippen LogP contribution in [0.25, 0.3) is 0 Å². The SMILES string of the molecule is CCCOC(=O)c1ccc(NC(=O)COC(=O)c2cccc(N3C(=O)[C@@H]4[C@H](C3=O)[C@@H]3C[C@@H]4C=C3C)c2)cc1.